The van der Waals surface area contributed by atoms with Crippen LogP contribution >= 0.6 is 11.8 Å². The summed E-state index contributed by atoms with van der Waals surface area (Å²) in [4.78, 5) is 15.1. The van der Waals surface area contributed by atoms with Gasteiger partial charge in [0, 0.05) is 29.2 Å². The molecule has 19 heavy (non-hydrogen) atoms. The van der Waals surface area contributed by atoms with Gasteiger partial charge in [-0.25, -0.2) is 0 Å². The zero-order valence-corrected chi connectivity index (χ0v) is 12.1. The summed E-state index contributed by atoms with van der Waals surface area (Å²) in [6.45, 7) is 0.762. The minimum atomic E-state index is 0.0213. The molecule has 1 aromatic heterocycles. The number of benzene rings is 1. The predicted molar refractivity (Wildman–Crippen MR) is 82.9 cm³/mol. The molecule has 1 heterocycles. The van der Waals surface area contributed by atoms with Crippen LogP contribution in [0.4, 0.5) is 0 Å². The lowest BCUT2D eigenvalue weighted by molar-refractivity contribution is 0.0953. The van der Waals surface area contributed by atoms with E-state index in [2.05, 4.69) is 16.6 Å². The first kappa shape index (κ1) is 14.0. The van der Waals surface area contributed by atoms with E-state index in [1.54, 1.807) is 0 Å². The van der Waals surface area contributed by atoms with E-state index in [0.717, 1.165) is 29.4 Å². The topological polar surface area (TPSA) is 44.9 Å². The second-order valence-corrected chi connectivity index (χ2v) is 5.57. The van der Waals surface area contributed by atoms with Crippen molar-refractivity contribution in [1.82, 2.24) is 10.3 Å². The molecule has 1 aromatic carbocycles. The summed E-state index contributed by atoms with van der Waals surface area (Å²) < 4.78 is 0. The van der Waals surface area contributed by atoms with Crippen molar-refractivity contribution >= 4 is 28.6 Å². The average Bonchev–Trinajstić information content (AvgIpc) is 2.89. The van der Waals surface area contributed by atoms with Crippen LogP contribution in [0.5, 0.6) is 0 Å². The lowest BCUT2D eigenvalue weighted by atomic mass is 10.1. The second kappa shape index (κ2) is 7.24. The summed E-state index contributed by atoms with van der Waals surface area (Å²) in [5.74, 6) is 1.23. The zero-order chi connectivity index (χ0) is 13.5. The van der Waals surface area contributed by atoms with Gasteiger partial charge in [0.2, 0.25) is 0 Å². The number of aromatic nitrogens is 1. The molecule has 0 aliphatic rings. The molecule has 0 unspecified atom stereocenters. The van der Waals surface area contributed by atoms with E-state index in [0.29, 0.717) is 0 Å². The van der Waals surface area contributed by atoms with Crippen LogP contribution in [-0.4, -0.2) is 29.4 Å². The molecule has 3 nitrogen and oxygen atoms in total. The molecule has 0 radical (unpaired) electrons. The Morgan fingerprint density at radius 2 is 2.16 bits per heavy atom. The molecule has 1 amide bonds. The van der Waals surface area contributed by atoms with Crippen molar-refractivity contribution < 1.29 is 4.79 Å². The summed E-state index contributed by atoms with van der Waals surface area (Å²) >= 11 is 1.87. The fraction of sp³-hybridized carbons (Fsp3) is 0.400. The first-order valence-electron chi connectivity index (χ1n) is 6.65. The van der Waals surface area contributed by atoms with Gasteiger partial charge in [-0.1, -0.05) is 6.42 Å². The quantitative estimate of drug-likeness (QED) is 0.761. The van der Waals surface area contributed by atoms with Crippen LogP contribution < -0.4 is 5.32 Å². The molecule has 2 rings (SSSR count). The highest BCUT2D eigenvalue weighted by atomic mass is 32.2. The zero-order valence-electron chi connectivity index (χ0n) is 11.2. The average molecular weight is 276 g/mol. The Morgan fingerprint density at radius 1 is 1.26 bits per heavy atom. The summed E-state index contributed by atoms with van der Waals surface area (Å²) in [7, 11) is 0. The van der Waals surface area contributed by atoms with E-state index in [9.17, 15) is 4.79 Å². The Kier molecular flexibility index (Phi) is 5.33. The van der Waals surface area contributed by atoms with Crippen molar-refractivity contribution in [2.75, 3.05) is 18.6 Å². The molecule has 0 saturated carbocycles. The fourth-order valence-corrected chi connectivity index (χ4v) is 2.54. The van der Waals surface area contributed by atoms with Gasteiger partial charge in [-0.15, -0.1) is 0 Å². The molecule has 0 saturated heterocycles. The van der Waals surface area contributed by atoms with E-state index in [1.165, 1.54) is 18.6 Å². The molecule has 0 spiro atoms. The molecule has 0 bridgehead atoms. The number of carbonyl (C=O) groups excluding carboxylic acids is 1. The van der Waals surface area contributed by atoms with E-state index in [4.69, 9.17) is 0 Å². The van der Waals surface area contributed by atoms with Gasteiger partial charge in [-0.05, 0) is 49.1 Å². The summed E-state index contributed by atoms with van der Waals surface area (Å²) in [5, 5.41) is 4.05. The lowest BCUT2D eigenvalue weighted by Gasteiger charge is -2.05. The van der Waals surface area contributed by atoms with Gasteiger partial charge < -0.3 is 10.3 Å². The minimum absolute atomic E-state index is 0.0213. The minimum Gasteiger partial charge on any atom is -0.361 e. The highest BCUT2D eigenvalue weighted by Crippen LogP contribution is 2.14. The van der Waals surface area contributed by atoms with Crippen LogP contribution in [0.2, 0.25) is 0 Å². The van der Waals surface area contributed by atoms with E-state index < -0.39 is 0 Å². The number of hydrogen-bond donors (Lipinski definition) is 2. The van der Waals surface area contributed by atoms with Gasteiger partial charge >= 0.3 is 0 Å². The molecule has 0 aliphatic carbocycles. The van der Waals surface area contributed by atoms with E-state index in [1.807, 2.05) is 42.2 Å². The Labute approximate surface area is 118 Å². The highest BCUT2D eigenvalue weighted by Gasteiger charge is 2.05. The van der Waals surface area contributed by atoms with Crippen LogP contribution in [0.1, 0.15) is 29.6 Å². The molecule has 0 aliphatic heterocycles. The SMILES string of the molecule is CSCCCCCNC(=O)c1ccc2[nH]ccc2c1. The van der Waals surface area contributed by atoms with Crippen LogP contribution in [0.15, 0.2) is 30.5 Å². The van der Waals surface area contributed by atoms with Crippen molar-refractivity contribution in [3.63, 3.8) is 0 Å². The van der Waals surface area contributed by atoms with Gasteiger partial charge in [-0.2, -0.15) is 11.8 Å². The normalized spacial score (nSPS) is 10.8. The third-order valence-electron chi connectivity index (χ3n) is 3.13. The fourth-order valence-electron chi connectivity index (χ4n) is 2.05. The molecule has 0 fully saturated rings. The number of amides is 1. The van der Waals surface area contributed by atoms with E-state index in [-0.39, 0.29) is 5.91 Å². The standard InChI is InChI=1S/C15H20N2OS/c1-19-10-4-2-3-8-17-15(18)13-5-6-14-12(11-13)7-9-16-14/h5-7,9,11,16H,2-4,8,10H2,1H3,(H,17,18). The number of hydrogen-bond acceptors (Lipinski definition) is 2. The van der Waals surface area contributed by atoms with Crippen molar-refractivity contribution in [1.29, 1.82) is 0 Å². The molecule has 2 aromatic rings. The lowest BCUT2D eigenvalue weighted by Crippen LogP contribution is -2.24. The smallest absolute Gasteiger partial charge is 0.251 e. The van der Waals surface area contributed by atoms with Crippen LogP contribution in [0.3, 0.4) is 0 Å². The molecule has 102 valence electrons. The Bertz CT molecular complexity index is 536. The first-order valence-corrected chi connectivity index (χ1v) is 8.05. The molecule has 0 atom stereocenters. The van der Waals surface area contributed by atoms with Gasteiger partial charge in [0.25, 0.3) is 5.91 Å². The Morgan fingerprint density at radius 3 is 3.00 bits per heavy atom. The van der Waals surface area contributed by atoms with E-state index >= 15 is 0 Å². The number of rotatable bonds is 7. The summed E-state index contributed by atoms with van der Waals surface area (Å²) in [6, 6.07) is 7.72. The van der Waals surface area contributed by atoms with Crippen molar-refractivity contribution in [3.8, 4) is 0 Å². The number of carbonyl (C=O) groups is 1. The highest BCUT2D eigenvalue weighted by molar-refractivity contribution is 7.98. The van der Waals surface area contributed by atoms with Crippen molar-refractivity contribution in [3.05, 3.63) is 36.0 Å². The second-order valence-electron chi connectivity index (χ2n) is 4.59. The van der Waals surface area contributed by atoms with Crippen molar-refractivity contribution in [2.24, 2.45) is 0 Å². The van der Waals surface area contributed by atoms with Crippen LogP contribution in [-0.2, 0) is 0 Å². The van der Waals surface area contributed by atoms with Crippen LogP contribution in [0.25, 0.3) is 10.9 Å². The summed E-state index contributed by atoms with van der Waals surface area (Å²) in [6.07, 6.45) is 7.47. The maximum atomic E-state index is 12.0. The molecule has 4 heteroatoms. The Hall–Kier alpha value is -1.42. The maximum absolute atomic E-state index is 12.0. The van der Waals surface area contributed by atoms with Gasteiger partial charge in [0.1, 0.15) is 0 Å². The van der Waals surface area contributed by atoms with Gasteiger partial charge in [-0.3, -0.25) is 4.79 Å². The number of unbranched alkanes of at least 4 members (excludes halogenated alkanes) is 2. The largest absolute Gasteiger partial charge is 0.361 e. The molecular formula is C15H20N2OS. The number of fused-ring (bicyclic) bond motifs is 1. The van der Waals surface area contributed by atoms with Crippen molar-refractivity contribution in [2.45, 2.75) is 19.3 Å². The monoisotopic (exact) mass is 276 g/mol. The number of H-pyrrole nitrogens is 1. The Balaban J connectivity index is 1.79. The number of aromatic amines is 1. The third kappa shape index (κ3) is 4.03. The van der Waals surface area contributed by atoms with Gasteiger partial charge in [0.15, 0.2) is 0 Å². The van der Waals surface area contributed by atoms with Crippen LogP contribution in [0, 0.1) is 0 Å². The molecular weight excluding hydrogens is 256 g/mol. The number of nitrogens with one attached hydrogen (secondary N) is 2. The first-order chi connectivity index (χ1) is 9.31. The van der Waals surface area contributed by atoms with Gasteiger partial charge in [0.05, 0.1) is 0 Å². The third-order valence-corrected chi connectivity index (χ3v) is 3.82. The summed E-state index contributed by atoms with van der Waals surface area (Å²) in [5.41, 5.74) is 1.80. The predicted octanol–water partition coefficient (Wildman–Crippen LogP) is 3.43. The molecule has 2 N–H and O–H groups in total. The number of thioether (sulfide) groups is 1. The maximum Gasteiger partial charge on any atom is 0.251 e.